The molecular formula is C21H20F3N5O4. The van der Waals surface area contributed by atoms with Crippen molar-refractivity contribution in [2.75, 3.05) is 18.0 Å². The van der Waals surface area contributed by atoms with E-state index in [0.29, 0.717) is 22.4 Å². The quantitative estimate of drug-likeness (QED) is 0.533. The van der Waals surface area contributed by atoms with Crippen molar-refractivity contribution in [3.05, 3.63) is 42.2 Å². The fraction of sp³-hybridized carbons (Fsp3) is 0.381. The number of nitrogens with one attached hydrogen (secondary N) is 1. The number of amides is 1. The molecule has 3 heterocycles. The summed E-state index contributed by atoms with van der Waals surface area (Å²) in [6.07, 6.45) is -3.12. The number of hydrogen-bond donors (Lipinski definition) is 3. The van der Waals surface area contributed by atoms with Gasteiger partial charge in [-0.05, 0) is 43.2 Å². The number of benzene rings is 1. The van der Waals surface area contributed by atoms with E-state index in [4.69, 9.17) is 5.11 Å². The van der Waals surface area contributed by atoms with Gasteiger partial charge in [-0.15, -0.1) is 13.2 Å². The molecule has 9 nitrogen and oxygen atoms in total. The number of pyridine rings is 1. The van der Waals surface area contributed by atoms with Crippen LogP contribution >= 0.6 is 0 Å². The number of fused-ring (bicyclic) bond motifs is 1. The number of ether oxygens (including phenoxy) is 1. The zero-order valence-electron chi connectivity index (χ0n) is 17.2. The van der Waals surface area contributed by atoms with Gasteiger partial charge in [-0.1, -0.05) is 0 Å². The van der Waals surface area contributed by atoms with E-state index < -0.39 is 12.5 Å². The first-order valence-electron chi connectivity index (χ1n) is 10.3. The van der Waals surface area contributed by atoms with Crippen LogP contribution in [-0.2, 0) is 6.54 Å². The summed E-state index contributed by atoms with van der Waals surface area (Å²) < 4.78 is 42.8. The Balaban J connectivity index is 1.51. The van der Waals surface area contributed by atoms with Crippen molar-refractivity contribution in [1.82, 2.24) is 20.1 Å². The molecule has 1 spiro atoms. The molecule has 2 aliphatic rings. The highest BCUT2D eigenvalue weighted by molar-refractivity contribution is 5.93. The van der Waals surface area contributed by atoms with Gasteiger partial charge in [0.05, 0.1) is 35.1 Å². The Hall–Kier alpha value is -3.54. The van der Waals surface area contributed by atoms with Gasteiger partial charge in [0, 0.05) is 24.7 Å². The van der Waals surface area contributed by atoms with Crippen molar-refractivity contribution >= 4 is 22.8 Å². The average Bonchev–Trinajstić information content (AvgIpc) is 3.06. The number of carbonyl (C=O) groups is 1. The third-order valence-electron chi connectivity index (χ3n) is 6.07. The molecule has 2 fully saturated rings. The van der Waals surface area contributed by atoms with Crippen LogP contribution in [-0.4, -0.2) is 56.6 Å². The lowest BCUT2D eigenvalue weighted by atomic mass is 9.62. The van der Waals surface area contributed by atoms with Gasteiger partial charge in [0.1, 0.15) is 5.75 Å². The van der Waals surface area contributed by atoms with Crippen LogP contribution in [0.2, 0.25) is 0 Å². The number of nitrogens with zero attached hydrogens (tertiary/aromatic N) is 4. The van der Waals surface area contributed by atoms with E-state index in [0.717, 1.165) is 31.6 Å². The van der Waals surface area contributed by atoms with E-state index >= 15 is 0 Å². The molecule has 12 heteroatoms. The van der Waals surface area contributed by atoms with Crippen LogP contribution in [0.1, 0.15) is 18.5 Å². The van der Waals surface area contributed by atoms with E-state index in [2.05, 4.69) is 25.0 Å². The van der Waals surface area contributed by atoms with E-state index in [-0.39, 0.29) is 23.8 Å². The van der Waals surface area contributed by atoms with Gasteiger partial charge in [-0.2, -0.15) is 5.10 Å². The van der Waals surface area contributed by atoms with E-state index in [1.54, 1.807) is 6.20 Å². The van der Waals surface area contributed by atoms with Crippen LogP contribution in [0.4, 0.5) is 23.7 Å². The first-order chi connectivity index (χ1) is 15.6. The highest BCUT2D eigenvalue weighted by Crippen LogP contribution is 2.50. The van der Waals surface area contributed by atoms with Crippen LogP contribution in [0, 0.1) is 5.41 Å². The minimum absolute atomic E-state index is 0.0650. The third-order valence-corrected chi connectivity index (χ3v) is 6.07. The minimum atomic E-state index is -4.79. The van der Waals surface area contributed by atoms with Gasteiger partial charge in [-0.25, -0.2) is 14.5 Å². The van der Waals surface area contributed by atoms with Gasteiger partial charge in [0.15, 0.2) is 5.65 Å². The molecule has 3 aromatic rings. The molecule has 1 aliphatic carbocycles. The molecule has 1 saturated carbocycles. The Bertz CT molecular complexity index is 1200. The Kier molecular flexibility index (Phi) is 4.85. The van der Waals surface area contributed by atoms with E-state index in [1.165, 1.54) is 28.9 Å². The summed E-state index contributed by atoms with van der Waals surface area (Å²) in [7, 11) is 0. The molecule has 1 amide bonds. The second-order valence-corrected chi connectivity index (χ2v) is 8.51. The van der Waals surface area contributed by atoms with Gasteiger partial charge < -0.3 is 25.2 Å². The summed E-state index contributed by atoms with van der Waals surface area (Å²) in [5, 5.41) is 26.2. The number of anilines is 1. The normalized spacial score (nSPS) is 17.6. The number of halogens is 3. The van der Waals surface area contributed by atoms with Crippen molar-refractivity contribution in [1.29, 1.82) is 0 Å². The van der Waals surface area contributed by atoms with E-state index in [1.807, 2.05) is 6.07 Å². The SMILES string of the molecule is O=C(O)NCc1nn(-c2ccc(OC(F)(F)F)cc2)c2nccc(N3CC4(CC(O)C4)C3)c12. The summed E-state index contributed by atoms with van der Waals surface area (Å²) in [6.45, 7) is 1.47. The summed E-state index contributed by atoms with van der Waals surface area (Å²) in [4.78, 5) is 17.6. The zero-order chi connectivity index (χ0) is 23.4. The summed E-state index contributed by atoms with van der Waals surface area (Å²) in [6, 6.07) is 7.03. The van der Waals surface area contributed by atoms with Crippen LogP contribution in [0.25, 0.3) is 16.7 Å². The van der Waals surface area contributed by atoms with E-state index in [9.17, 15) is 23.1 Å². The molecule has 1 saturated heterocycles. The van der Waals surface area contributed by atoms with Crippen LogP contribution in [0.3, 0.4) is 0 Å². The lowest BCUT2D eigenvalue weighted by molar-refractivity contribution is -0.274. The molecule has 33 heavy (non-hydrogen) atoms. The van der Waals surface area contributed by atoms with Crippen molar-refractivity contribution in [2.45, 2.75) is 31.9 Å². The molecule has 0 radical (unpaired) electrons. The maximum atomic E-state index is 12.5. The molecular weight excluding hydrogens is 443 g/mol. The molecule has 0 bridgehead atoms. The third kappa shape index (κ3) is 4.01. The Morgan fingerprint density at radius 3 is 2.52 bits per heavy atom. The van der Waals surface area contributed by atoms with Gasteiger partial charge >= 0.3 is 12.5 Å². The maximum absolute atomic E-state index is 12.5. The first kappa shape index (κ1) is 21.3. The molecule has 2 aromatic heterocycles. The smallest absolute Gasteiger partial charge is 0.465 e. The maximum Gasteiger partial charge on any atom is 0.573 e. The Morgan fingerprint density at radius 1 is 1.21 bits per heavy atom. The molecule has 1 aromatic carbocycles. The number of aliphatic hydroxyl groups excluding tert-OH is 1. The number of rotatable bonds is 5. The topological polar surface area (TPSA) is 113 Å². The fourth-order valence-electron chi connectivity index (χ4n) is 4.74. The average molecular weight is 463 g/mol. The van der Waals surface area contributed by atoms with Crippen LogP contribution < -0.4 is 15.0 Å². The highest BCUT2D eigenvalue weighted by atomic mass is 19.4. The number of alkyl halides is 3. The summed E-state index contributed by atoms with van der Waals surface area (Å²) in [5.74, 6) is -0.363. The van der Waals surface area contributed by atoms with Gasteiger partial charge in [0.25, 0.3) is 0 Å². The number of carboxylic acid groups (broad SMARTS) is 1. The van der Waals surface area contributed by atoms with Crippen LogP contribution in [0.15, 0.2) is 36.5 Å². The number of aliphatic hydroxyl groups is 1. The van der Waals surface area contributed by atoms with Gasteiger partial charge in [0.2, 0.25) is 0 Å². The molecule has 3 N–H and O–H groups in total. The summed E-state index contributed by atoms with van der Waals surface area (Å²) >= 11 is 0. The summed E-state index contributed by atoms with van der Waals surface area (Å²) in [5.41, 5.74) is 2.30. The lowest BCUT2D eigenvalue weighted by Gasteiger charge is -2.58. The van der Waals surface area contributed by atoms with Crippen molar-refractivity contribution in [2.24, 2.45) is 5.41 Å². The Morgan fingerprint density at radius 2 is 1.91 bits per heavy atom. The zero-order valence-corrected chi connectivity index (χ0v) is 17.2. The minimum Gasteiger partial charge on any atom is -0.465 e. The molecule has 174 valence electrons. The monoisotopic (exact) mass is 463 g/mol. The lowest BCUT2D eigenvalue weighted by Crippen LogP contribution is -2.63. The predicted molar refractivity (Wildman–Crippen MR) is 110 cm³/mol. The molecule has 0 unspecified atom stereocenters. The van der Waals surface area contributed by atoms with Gasteiger partial charge in [-0.3, -0.25) is 0 Å². The van der Waals surface area contributed by atoms with Crippen molar-refractivity contribution in [3.8, 4) is 11.4 Å². The second-order valence-electron chi connectivity index (χ2n) is 8.51. The number of hydrogen-bond acceptors (Lipinski definition) is 6. The fourth-order valence-corrected chi connectivity index (χ4v) is 4.74. The molecule has 1 aliphatic heterocycles. The standard InChI is InChI=1S/C21H20F3N5O4/c22-21(23,24)33-14-3-1-12(2-4-14)29-18-17(15(27-29)9-26-19(31)32)16(5-6-25-18)28-10-20(11-28)7-13(30)8-20/h1-6,13,26,30H,7-11H2,(H,31,32). The molecule has 0 atom stereocenters. The Labute approximate surface area is 185 Å². The predicted octanol–water partition coefficient (Wildman–Crippen LogP) is 3.05. The first-order valence-corrected chi connectivity index (χ1v) is 10.3. The molecule has 5 rings (SSSR count). The van der Waals surface area contributed by atoms with Crippen molar-refractivity contribution < 1.29 is 32.9 Å². The van der Waals surface area contributed by atoms with Crippen molar-refractivity contribution in [3.63, 3.8) is 0 Å². The highest BCUT2D eigenvalue weighted by Gasteiger charge is 2.52. The number of aromatic nitrogens is 3. The largest absolute Gasteiger partial charge is 0.573 e. The second kappa shape index (κ2) is 7.51. The van der Waals surface area contributed by atoms with Crippen LogP contribution in [0.5, 0.6) is 5.75 Å².